The van der Waals surface area contributed by atoms with Gasteiger partial charge >= 0.3 is 0 Å². The van der Waals surface area contributed by atoms with Crippen molar-refractivity contribution in [3.63, 3.8) is 0 Å². The summed E-state index contributed by atoms with van der Waals surface area (Å²) in [5.41, 5.74) is 9.10. The Kier molecular flexibility index (Phi) is 6.76. The maximum absolute atomic E-state index is 4.56. The molecule has 0 bridgehead atoms. The third-order valence-corrected chi connectivity index (χ3v) is 7.07. The molecule has 0 atom stereocenters. The minimum absolute atomic E-state index is 0.677. The summed E-state index contributed by atoms with van der Waals surface area (Å²) in [5.74, 6) is 2.03. The van der Waals surface area contributed by atoms with Gasteiger partial charge in [0.25, 0.3) is 0 Å². The molecule has 0 radical (unpaired) electrons. The molecule has 7 rings (SSSR count). The lowest BCUT2D eigenvalue weighted by Crippen LogP contribution is -1.95. The molecule has 0 fully saturated rings. The van der Waals surface area contributed by atoms with Crippen LogP contribution in [0.15, 0.2) is 146 Å². The number of nitrogens with zero attached hydrogens (tertiary/aromatic N) is 6. The third-order valence-electron chi connectivity index (χ3n) is 7.07. The molecule has 0 aliphatic heterocycles. The van der Waals surface area contributed by atoms with E-state index >= 15 is 0 Å². The quantitative estimate of drug-likeness (QED) is 0.212. The van der Waals surface area contributed by atoms with Crippen LogP contribution < -0.4 is 0 Å². The van der Waals surface area contributed by atoms with E-state index in [0.29, 0.717) is 17.5 Å². The van der Waals surface area contributed by atoms with Gasteiger partial charge in [-0.2, -0.15) is 0 Å². The lowest BCUT2D eigenvalue weighted by Gasteiger charge is -2.16. The molecule has 3 heterocycles. The van der Waals surface area contributed by atoms with Crippen LogP contribution in [0.1, 0.15) is 0 Å². The summed E-state index contributed by atoms with van der Waals surface area (Å²) in [4.78, 5) is 27.4. The molecule has 0 spiro atoms. The minimum atomic E-state index is 0.677. The number of aromatic nitrogens is 6. The van der Waals surface area contributed by atoms with Crippen molar-refractivity contribution in [2.24, 2.45) is 0 Å². The van der Waals surface area contributed by atoms with Gasteiger partial charge in [0.1, 0.15) is 0 Å². The van der Waals surface area contributed by atoms with Gasteiger partial charge in [-0.1, -0.05) is 72.8 Å². The van der Waals surface area contributed by atoms with Gasteiger partial charge in [0, 0.05) is 53.9 Å². The molecule has 4 aromatic carbocycles. The van der Waals surface area contributed by atoms with Gasteiger partial charge in [-0.05, 0) is 69.8 Å². The standard InChI is InChI=1S/C36H24N6/c1-4-13-31(34-37-16-7-17-38-34)28(10-1)25-22-26(29-11-2-5-14-32(29)35-39-18-8-19-40-35)24-27(23-25)30-12-3-6-15-33(30)36-41-20-9-21-42-36/h1-24H. The monoisotopic (exact) mass is 540 g/mol. The third kappa shape index (κ3) is 4.93. The molecule has 0 unspecified atom stereocenters. The average Bonchev–Trinajstić information content (AvgIpc) is 3.09. The van der Waals surface area contributed by atoms with Gasteiger partial charge in [0.05, 0.1) is 0 Å². The summed E-state index contributed by atoms with van der Waals surface area (Å²) in [6, 6.07) is 36.9. The van der Waals surface area contributed by atoms with Crippen molar-refractivity contribution in [1.29, 1.82) is 0 Å². The van der Waals surface area contributed by atoms with Crippen LogP contribution in [-0.4, -0.2) is 29.9 Å². The SMILES string of the molecule is c1cnc(-c2ccccc2-c2cc(-c3ccccc3-c3ncccn3)cc(-c3ccccc3-c3ncccn3)c2)nc1. The molecule has 0 amide bonds. The molecule has 0 aliphatic carbocycles. The van der Waals surface area contributed by atoms with Crippen molar-refractivity contribution in [2.75, 3.05) is 0 Å². The fraction of sp³-hybridized carbons (Fsp3) is 0. The van der Waals surface area contributed by atoms with E-state index in [2.05, 4.69) is 84.5 Å². The van der Waals surface area contributed by atoms with Crippen LogP contribution in [0.3, 0.4) is 0 Å². The Morgan fingerprint density at radius 2 is 0.500 bits per heavy atom. The molecular formula is C36H24N6. The number of hydrogen-bond acceptors (Lipinski definition) is 6. The van der Waals surface area contributed by atoms with E-state index in [1.807, 2.05) is 54.6 Å². The molecular weight excluding hydrogens is 516 g/mol. The van der Waals surface area contributed by atoms with Crippen LogP contribution >= 0.6 is 0 Å². The van der Waals surface area contributed by atoms with Crippen LogP contribution in [-0.2, 0) is 0 Å². The summed E-state index contributed by atoms with van der Waals surface area (Å²) >= 11 is 0. The second kappa shape index (κ2) is 11.3. The van der Waals surface area contributed by atoms with Gasteiger partial charge in [0.2, 0.25) is 0 Å². The molecule has 0 N–H and O–H groups in total. The zero-order chi connectivity index (χ0) is 28.1. The Balaban J connectivity index is 1.49. The van der Waals surface area contributed by atoms with Gasteiger partial charge in [-0.15, -0.1) is 0 Å². The highest BCUT2D eigenvalue weighted by Crippen LogP contribution is 2.40. The first kappa shape index (κ1) is 25.1. The fourth-order valence-electron chi connectivity index (χ4n) is 5.20. The molecule has 42 heavy (non-hydrogen) atoms. The first-order valence-corrected chi connectivity index (χ1v) is 13.6. The Bertz CT molecular complexity index is 1730. The van der Waals surface area contributed by atoms with E-state index in [9.17, 15) is 0 Å². The maximum atomic E-state index is 4.56. The van der Waals surface area contributed by atoms with E-state index < -0.39 is 0 Å². The normalized spacial score (nSPS) is 10.9. The van der Waals surface area contributed by atoms with Gasteiger partial charge < -0.3 is 0 Å². The first-order chi connectivity index (χ1) is 20.8. The highest BCUT2D eigenvalue weighted by atomic mass is 14.9. The molecule has 0 aliphatic rings. The van der Waals surface area contributed by atoms with Crippen molar-refractivity contribution >= 4 is 0 Å². The Morgan fingerprint density at radius 1 is 0.262 bits per heavy atom. The highest BCUT2D eigenvalue weighted by molar-refractivity contribution is 5.92. The largest absolute Gasteiger partial charge is 0.237 e. The zero-order valence-corrected chi connectivity index (χ0v) is 22.5. The molecule has 198 valence electrons. The van der Waals surface area contributed by atoms with Crippen molar-refractivity contribution in [2.45, 2.75) is 0 Å². The molecule has 3 aromatic heterocycles. The molecule has 0 saturated heterocycles. The fourth-order valence-corrected chi connectivity index (χ4v) is 5.20. The van der Waals surface area contributed by atoms with E-state index in [1.54, 1.807) is 37.2 Å². The van der Waals surface area contributed by atoms with Crippen molar-refractivity contribution in [3.8, 4) is 67.5 Å². The van der Waals surface area contributed by atoms with Crippen LogP contribution in [0.5, 0.6) is 0 Å². The predicted octanol–water partition coefficient (Wildman–Crippen LogP) is 8.06. The van der Waals surface area contributed by atoms with Gasteiger partial charge in [-0.25, -0.2) is 29.9 Å². The number of hydrogen-bond donors (Lipinski definition) is 0. The van der Waals surface area contributed by atoms with E-state index in [-0.39, 0.29) is 0 Å². The highest BCUT2D eigenvalue weighted by Gasteiger charge is 2.17. The summed E-state index contributed by atoms with van der Waals surface area (Å²) in [6.45, 7) is 0. The summed E-state index contributed by atoms with van der Waals surface area (Å²) in [6.07, 6.45) is 10.6. The van der Waals surface area contributed by atoms with Crippen LogP contribution in [0, 0.1) is 0 Å². The second-order valence-electron chi connectivity index (χ2n) is 9.65. The van der Waals surface area contributed by atoms with Crippen molar-refractivity contribution in [3.05, 3.63) is 146 Å². The maximum Gasteiger partial charge on any atom is 0.159 e. The lowest BCUT2D eigenvalue weighted by molar-refractivity contribution is 1.18. The Hall–Kier alpha value is -5.88. The van der Waals surface area contributed by atoms with Gasteiger partial charge in [0.15, 0.2) is 17.5 Å². The predicted molar refractivity (Wildman–Crippen MR) is 166 cm³/mol. The van der Waals surface area contributed by atoms with Gasteiger partial charge in [-0.3, -0.25) is 0 Å². The number of benzene rings is 4. The second-order valence-corrected chi connectivity index (χ2v) is 9.65. The lowest BCUT2D eigenvalue weighted by atomic mass is 9.88. The molecule has 6 heteroatoms. The Morgan fingerprint density at radius 3 is 0.762 bits per heavy atom. The van der Waals surface area contributed by atoms with Crippen molar-refractivity contribution < 1.29 is 0 Å². The minimum Gasteiger partial charge on any atom is -0.237 e. The van der Waals surface area contributed by atoms with Crippen molar-refractivity contribution in [1.82, 2.24) is 29.9 Å². The average molecular weight is 541 g/mol. The molecule has 0 saturated carbocycles. The first-order valence-electron chi connectivity index (χ1n) is 13.6. The van der Waals surface area contributed by atoms with E-state index in [0.717, 1.165) is 50.1 Å². The van der Waals surface area contributed by atoms with Crippen LogP contribution in [0.4, 0.5) is 0 Å². The zero-order valence-electron chi connectivity index (χ0n) is 22.5. The van der Waals surface area contributed by atoms with E-state index in [1.165, 1.54) is 0 Å². The topological polar surface area (TPSA) is 77.3 Å². The smallest absolute Gasteiger partial charge is 0.159 e. The van der Waals surface area contributed by atoms with Crippen LogP contribution in [0.25, 0.3) is 67.5 Å². The summed E-state index contributed by atoms with van der Waals surface area (Å²) in [5, 5.41) is 0. The van der Waals surface area contributed by atoms with E-state index in [4.69, 9.17) is 0 Å². The number of rotatable bonds is 6. The summed E-state index contributed by atoms with van der Waals surface area (Å²) < 4.78 is 0. The molecule has 7 aromatic rings. The summed E-state index contributed by atoms with van der Waals surface area (Å²) in [7, 11) is 0. The molecule has 6 nitrogen and oxygen atoms in total. The van der Waals surface area contributed by atoms with Crippen LogP contribution in [0.2, 0.25) is 0 Å². The Labute approximate surface area is 243 Å².